The van der Waals surface area contributed by atoms with Crippen LogP contribution in [0.1, 0.15) is 110 Å². The second kappa shape index (κ2) is 21.2. The predicted octanol–water partition coefficient (Wildman–Crippen LogP) is 6.03. The van der Waals surface area contributed by atoms with Crippen LogP contribution in [0.25, 0.3) is 0 Å². The van der Waals surface area contributed by atoms with Gasteiger partial charge in [0.25, 0.3) is 10.1 Å². The van der Waals surface area contributed by atoms with Crippen molar-refractivity contribution in [2.24, 2.45) is 5.92 Å². The highest BCUT2D eigenvalue weighted by atomic mass is 32.2. The molecule has 0 aromatic heterocycles. The van der Waals surface area contributed by atoms with Gasteiger partial charge in [-0.05, 0) is 18.8 Å². The topological polar surface area (TPSA) is 78.9 Å². The first-order chi connectivity index (χ1) is 14.9. The first-order valence-electron chi connectivity index (χ1n) is 12.5. The molecule has 0 fully saturated rings. The van der Waals surface area contributed by atoms with Crippen molar-refractivity contribution >= 4 is 16.1 Å². The zero-order valence-corrected chi connectivity index (χ0v) is 21.2. The molecule has 6 nitrogen and oxygen atoms in total. The van der Waals surface area contributed by atoms with Crippen molar-refractivity contribution < 1.29 is 26.9 Å². The second-order valence-corrected chi connectivity index (χ2v) is 10.2. The lowest BCUT2D eigenvalue weighted by molar-refractivity contribution is -0.146. The molecular weight excluding hydrogens is 416 g/mol. The fourth-order valence-corrected chi connectivity index (χ4v) is 3.89. The third kappa shape index (κ3) is 23.8. The minimum atomic E-state index is -3.45. The molecule has 0 rings (SSSR count). The molecule has 0 N–H and O–H groups in total. The Morgan fingerprint density at radius 2 is 1.26 bits per heavy atom. The number of carbonyl (C=O) groups is 1. The van der Waals surface area contributed by atoms with E-state index in [4.69, 9.17) is 9.47 Å². The SMILES string of the molecule is CCCCCCCCC(CCCCCCCC)COC(=O)CCOCCOS(C)(=O)=O. The van der Waals surface area contributed by atoms with Crippen LogP contribution in [-0.4, -0.2) is 47.1 Å². The number of ether oxygens (including phenoxy) is 2. The summed E-state index contributed by atoms with van der Waals surface area (Å²) in [5.74, 6) is 0.199. The van der Waals surface area contributed by atoms with Crippen molar-refractivity contribution in [1.82, 2.24) is 0 Å². The van der Waals surface area contributed by atoms with Crippen LogP contribution in [0.4, 0.5) is 0 Å². The largest absolute Gasteiger partial charge is 0.465 e. The standard InChI is InChI=1S/C24H48O6S/c1-4-6-8-10-12-14-16-23(17-15-13-11-9-7-5-2)22-29-24(25)18-19-28-20-21-30-31(3,26)27/h23H,4-22H2,1-3H3. The van der Waals surface area contributed by atoms with E-state index in [0.29, 0.717) is 12.5 Å². The maximum atomic E-state index is 12.0. The van der Waals surface area contributed by atoms with E-state index in [9.17, 15) is 13.2 Å². The molecule has 0 aliphatic carbocycles. The molecule has 0 amide bonds. The highest BCUT2D eigenvalue weighted by molar-refractivity contribution is 7.85. The lowest BCUT2D eigenvalue weighted by Crippen LogP contribution is -2.17. The van der Waals surface area contributed by atoms with Gasteiger partial charge in [-0.15, -0.1) is 0 Å². The first kappa shape index (κ1) is 30.3. The minimum Gasteiger partial charge on any atom is -0.465 e. The van der Waals surface area contributed by atoms with Gasteiger partial charge in [-0.25, -0.2) is 0 Å². The van der Waals surface area contributed by atoms with E-state index in [-0.39, 0.29) is 32.2 Å². The molecule has 0 aliphatic heterocycles. The van der Waals surface area contributed by atoms with E-state index in [1.165, 1.54) is 77.0 Å². The van der Waals surface area contributed by atoms with E-state index >= 15 is 0 Å². The zero-order valence-electron chi connectivity index (χ0n) is 20.4. The van der Waals surface area contributed by atoms with Crippen molar-refractivity contribution in [3.8, 4) is 0 Å². The van der Waals surface area contributed by atoms with Crippen LogP contribution in [-0.2, 0) is 28.6 Å². The molecule has 0 bridgehead atoms. The summed E-state index contributed by atoms with van der Waals surface area (Å²) < 4.78 is 37.0. The molecular formula is C24H48O6S. The molecule has 31 heavy (non-hydrogen) atoms. The Morgan fingerprint density at radius 1 is 0.742 bits per heavy atom. The number of esters is 1. The maximum absolute atomic E-state index is 12.0. The van der Waals surface area contributed by atoms with Gasteiger partial charge in [0.1, 0.15) is 0 Å². The van der Waals surface area contributed by atoms with Crippen LogP contribution >= 0.6 is 0 Å². The third-order valence-electron chi connectivity index (χ3n) is 5.39. The number of hydrogen-bond donors (Lipinski definition) is 0. The average Bonchev–Trinajstić information content (AvgIpc) is 2.72. The van der Waals surface area contributed by atoms with E-state index in [0.717, 1.165) is 19.1 Å². The molecule has 0 spiro atoms. The molecule has 0 aromatic carbocycles. The molecule has 0 aliphatic rings. The molecule has 186 valence electrons. The molecule has 0 radical (unpaired) electrons. The number of rotatable bonds is 23. The summed E-state index contributed by atoms with van der Waals surface area (Å²) in [6, 6.07) is 0. The Kier molecular flexibility index (Phi) is 20.7. The first-order valence-corrected chi connectivity index (χ1v) is 14.3. The van der Waals surface area contributed by atoms with Gasteiger partial charge in [-0.1, -0.05) is 90.9 Å². The van der Waals surface area contributed by atoms with Crippen LogP contribution in [0.5, 0.6) is 0 Å². The third-order valence-corrected chi connectivity index (χ3v) is 5.98. The second-order valence-electron chi connectivity index (χ2n) is 8.55. The summed E-state index contributed by atoms with van der Waals surface area (Å²) in [7, 11) is -3.45. The number of carbonyl (C=O) groups excluding carboxylic acids is 1. The highest BCUT2D eigenvalue weighted by Gasteiger charge is 2.12. The van der Waals surface area contributed by atoms with Gasteiger partial charge in [0, 0.05) is 0 Å². The Balaban J connectivity index is 4.02. The normalized spacial score (nSPS) is 11.9. The molecule has 0 unspecified atom stereocenters. The van der Waals surface area contributed by atoms with E-state index in [1.807, 2.05) is 0 Å². The molecule has 0 heterocycles. The van der Waals surface area contributed by atoms with E-state index in [1.54, 1.807) is 0 Å². The van der Waals surface area contributed by atoms with Gasteiger partial charge >= 0.3 is 5.97 Å². The van der Waals surface area contributed by atoms with Crippen LogP contribution in [0.2, 0.25) is 0 Å². The minimum absolute atomic E-state index is 0.0353. The van der Waals surface area contributed by atoms with Crippen molar-refractivity contribution in [1.29, 1.82) is 0 Å². The van der Waals surface area contributed by atoms with Gasteiger partial charge < -0.3 is 9.47 Å². The maximum Gasteiger partial charge on any atom is 0.308 e. The summed E-state index contributed by atoms with van der Waals surface area (Å²) >= 11 is 0. The van der Waals surface area contributed by atoms with Gasteiger partial charge in [0.2, 0.25) is 0 Å². The molecule has 0 atom stereocenters. The van der Waals surface area contributed by atoms with E-state index < -0.39 is 10.1 Å². The molecule has 0 aromatic rings. The van der Waals surface area contributed by atoms with Crippen LogP contribution < -0.4 is 0 Å². The number of unbranched alkanes of at least 4 members (excludes halogenated alkanes) is 10. The van der Waals surface area contributed by atoms with Gasteiger partial charge in [-0.2, -0.15) is 8.42 Å². The number of hydrogen-bond acceptors (Lipinski definition) is 6. The lowest BCUT2D eigenvalue weighted by atomic mass is 9.95. The van der Waals surface area contributed by atoms with Crippen LogP contribution in [0.15, 0.2) is 0 Å². The highest BCUT2D eigenvalue weighted by Crippen LogP contribution is 2.20. The summed E-state index contributed by atoms with van der Waals surface area (Å²) in [6.45, 7) is 5.29. The fraction of sp³-hybridized carbons (Fsp3) is 0.958. The fourth-order valence-electron chi connectivity index (χ4n) is 3.52. The van der Waals surface area contributed by atoms with Gasteiger partial charge in [0.15, 0.2) is 0 Å². The average molecular weight is 465 g/mol. The van der Waals surface area contributed by atoms with Gasteiger partial charge in [0.05, 0.1) is 39.1 Å². The van der Waals surface area contributed by atoms with Crippen molar-refractivity contribution in [3.63, 3.8) is 0 Å². The van der Waals surface area contributed by atoms with Crippen LogP contribution in [0, 0.1) is 5.92 Å². The predicted molar refractivity (Wildman–Crippen MR) is 127 cm³/mol. The van der Waals surface area contributed by atoms with Gasteiger partial charge in [-0.3, -0.25) is 8.98 Å². The van der Waals surface area contributed by atoms with Crippen LogP contribution in [0.3, 0.4) is 0 Å². The smallest absolute Gasteiger partial charge is 0.308 e. The Hall–Kier alpha value is -0.660. The zero-order chi connectivity index (χ0) is 23.2. The monoisotopic (exact) mass is 464 g/mol. The lowest BCUT2D eigenvalue weighted by Gasteiger charge is -2.17. The van der Waals surface area contributed by atoms with Crippen molar-refractivity contribution in [2.45, 2.75) is 110 Å². The van der Waals surface area contributed by atoms with Crippen molar-refractivity contribution in [3.05, 3.63) is 0 Å². The Morgan fingerprint density at radius 3 is 1.77 bits per heavy atom. The summed E-state index contributed by atoms with van der Waals surface area (Å²) in [6.07, 6.45) is 18.8. The molecule has 0 saturated heterocycles. The Labute approximate surface area is 191 Å². The Bertz CT molecular complexity index is 490. The summed E-state index contributed by atoms with van der Waals surface area (Å²) in [4.78, 5) is 12.0. The quantitative estimate of drug-likeness (QED) is 0.104. The summed E-state index contributed by atoms with van der Waals surface area (Å²) in [5, 5.41) is 0. The molecule has 7 heteroatoms. The van der Waals surface area contributed by atoms with E-state index in [2.05, 4.69) is 18.0 Å². The summed E-state index contributed by atoms with van der Waals surface area (Å²) in [5.41, 5.74) is 0. The van der Waals surface area contributed by atoms with Crippen molar-refractivity contribution in [2.75, 3.05) is 32.7 Å². The molecule has 0 saturated carbocycles.